The minimum Gasteiger partial charge on any atom is -0.410 e. The lowest BCUT2D eigenvalue weighted by molar-refractivity contribution is 0.283. The molecule has 1 aliphatic heterocycles. The van der Waals surface area contributed by atoms with Crippen LogP contribution >= 0.6 is 0 Å². The summed E-state index contributed by atoms with van der Waals surface area (Å²) in [4.78, 5) is 5.15. The lowest BCUT2D eigenvalue weighted by Gasteiger charge is -2.30. The molecule has 1 saturated heterocycles. The monoisotopic (exact) mass is 280 g/mol. The van der Waals surface area contributed by atoms with E-state index in [1.807, 2.05) is 23.1 Å². The van der Waals surface area contributed by atoms with Crippen LogP contribution in [0, 0.1) is 17.9 Å². The molecule has 0 radical (unpaired) electrons. The molecule has 106 valence electrons. The molecule has 2 rings (SSSR count). The molecule has 5 nitrogen and oxygen atoms in total. The highest BCUT2D eigenvalue weighted by atomic mass is 16.4. The molecule has 1 fully saturated rings. The first-order valence-electron chi connectivity index (χ1n) is 6.77. The second-order valence-electron chi connectivity index (χ2n) is 4.96. The average molecular weight is 280 g/mol. The molecular weight excluding hydrogens is 264 g/mol. The van der Waals surface area contributed by atoms with E-state index in [4.69, 9.17) is 17.0 Å². The van der Waals surface area contributed by atoms with Crippen LogP contribution in [-0.2, 0) is 0 Å². The Morgan fingerprint density at radius 1 is 1.38 bits per heavy atom. The lowest BCUT2D eigenvalue weighted by atomic mass is 9.89. The maximum atomic E-state index is 8.75. The summed E-state index contributed by atoms with van der Waals surface area (Å²) in [5.74, 6) is 0.502. The third-order valence-electron chi connectivity index (χ3n) is 3.69. The second-order valence-corrected chi connectivity index (χ2v) is 4.96. The fourth-order valence-electron chi connectivity index (χ4n) is 2.53. The lowest BCUT2D eigenvalue weighted by Crippen LogP contribution is -2.31. The third-order valence-corrected chi connectivity index (χ3v) is 3.69. The van der Waals surface area contributed by atoms with E-state index in [0.29, 0.717) is 5.92 Å². The number of likely N-dealkylation sites (tertiary alicyclic amines) is 1. The molecule has 0 unspecified atom stereocenters. The zero-order chi connectivity index (χ0) is 15.1. The van der Waals surface area contributed by atoms with E-state index in [1.165, 1.54) is 11.9 Å². The van der Waals surface area contributed by atoms with Crippen LogP contribution in [0.5, 0.6) is 0 Å². The van der Waals surface area contributed by atoms with Crippen molar-refractivity contribution in [3.8, 4) is 6.07 Å². The van der Waals surface area contributed by atoms with Gasteiger partial charge in [0.15, 0.2) is 0 Å². The van der Waals surface area contributed by atoms with Gasteiger partial charge in [-0.1, -0.05) is 29.4 Å². The standard InChI is InChI=1S/C16H16N4O/c1-18-16(11-17)10-13-2-4-14(5-3-13)15-6-8-20(9-7-15)12-19-21/h2-5,10,12,15,21H,6-9H2. The van der Waals surface area contributed by atoms with Gasteiger partial charge in [0.1, 0.15) is 6.34 Å². The van der Waals surface area contributed by atoms with Crippen LogP contribution in [0.25, 0.3) is 10.9 Å². The Morgan fingerprint density at radius 3 is 2.57 bits per heavy atom. The van der Waals surface area contributed by atoms with Crippen molar-refractivity contribution in [2.75, 3.05) is 13.1 Å². The van der Waals surface area contributed by atoms with Gasteiger partial charge in [-0.2, -0.15) is 0 Å². The van der Waals surface area contributed by atoms with E-state index in [1.54, 1.807) is 6.08 Å². The van der Waals surface area contributed by atoms with E-state index in [-0.39, 0.29) is 5.70 Å². The molecule has 21 heavy (non-hydrogen) atoms. The smallest absolute Gasteiger partial charge is 0.262 e. The first kappa shape index (κ1) is 14.6. The summed E-state index contributed by atoms with van der Waals surface area (Å²) in [6, 6.07) is 9.87. The molecule has 0 bridgehead atoms. The van der Waals surface area contributed by atoms with Crippen LogP contribution in [-0.4, -0.2) is 29.5 Å². The summed E-state index contributed by atoms with van der Waals surface area (Å²) in [5.41, 5.74) is 2.24. The molecule has 1 aromatic carbocycles. The van der Waals surface area contributed by atoms with Crippen molar-refractivity contribution in [3.63, 3.8) is 0 Å². The van der Waals surface area contributed by atoms with Gasteiger partial charge in [0, 0.05) is 13.1 Å². The van der Waals surface area contributed by atoms with E-state index in [9.17, 15) is 0 Å². The molecule has 0 amide bonds. The first-order chi connectivity index (χ1) is 10.3. The summed E-state index contributed by atoms with van der Waals surface area (Å²) < 4.78 is 0. The number of benzene rings is 1. The summed E-state index contributed by atoms with van der Waals surface area (Å²) in [6.45, 7) is 8.63. The highest BCUT2D eigenvalue weighted by Crippen LogP contribution is 2.28. The van der Waals surface area contributed by atoms with Crippen molar-refractivity contribution in [1.29, 1.82) is 5.26 Å². The molecule has 0 atom stereocenters. The molecule has 1 heterocycles. The van der Waals surface area contributed by atoms with Gasteiger partial charge in [-0.15, -0.1) is 0 Å². The summed E-state index contributed by atoms with van der Waals surface area (Å²) in [6.07, 6.45) is 5.11. The van der Waals surface area contributed by atoms with Crippen molar-refractivity contribution >= 4 is 12.4 Å². The van der Waals surface area contributed by atoms with Gasteiger partial charge in [-0.05, 0) is 36.0 Å². The maximum absolute atomic E-state index is 8.75. The SMILES string of the molecule is [C-]#[N+]C(C#N)=Cc1ccc(C2CCN(C=NO)CC2)cc1. The number of allylic oxidation sites excluding steroid dienone is 1. The Hall–Kier alpha value is -2.79. The summed E-state index contributed by atoms with van der Waals surface area (Å²) >= 11 is 0. The van der Waals surface area contributed by atoms with Crippen LogP contribution in [0.15, 0.2) is 35.1 Å². The summed E-state index contributed by atoms with van der Waals surface area (Å²) in [7, 11) is 0. The highest BCUT2D eigenvalue weighted by molar-refractivity contribution is 5.59. The topological polar surface area (TPSA) is 64.0 Å². The molecule has 1 aromatic rings. The average Bonchev–Trinajstić information content (AvgIpc) is 2.54. The number of nitrogens with zero attached hydrogens (tertiary/aromatic N) is 4. The van der Waals surface area contributed by atoms with Crippen molar-refractivity contribution in [2.24, 2.45) is 5.16 Å². The number of nitriles is 1. The van der Waals surface area contributed by atoms with Crippen LogP contribution in [0.2, 0.25) is 0 Å². The Morgan fingerprint density at radius 2 is 2.05 bits per heavy atom. The number of rotatable bonds is 3. The number of hydrogen-bond donors (Lipinski definition) is 1. The van der Waals surface area contributed by atoms with Gasteiger partial charge in [-0.25, -0.2) is 10.1 Å². The Labute approximate surface area is 124 Å². The fourth-order valence-corrected chi connectivity index (χ4v) is 2.53. The number of oxime groups is 1. The predicted molar refractivity (Wildman–Crippen MR) is 80.5 cm³/mol. The molecule has 0 saturated carbocycles. The third kappa shape index (κ3) is 3.84. The van der Waals surface area contributed by atoms with Crippen LogP contribution in [0.4, 0.5) is 0 Å². The second kappa shape index (κ2) is 7.12. The van der Waals surface area contributed by atoms with E-state index in [0.717, 1.165) is 31.5 Å². The molecule has 1 N–H and O–H groups in total. The van der Waals surface area contributed by atoms with E-state index in [2.05, 4.69) is 22.1 Å². The van der Waals surface area contributed by atoms with Crippen molar-refractivity contribution < 1.29 is 5.21 Å². The zero-order valence-electron chi connectivity index (χ0n) is 11.6. The summed E-state index contributed by atoms with van der Waals surface area (Å²) in [5, 5.41) is 20.3. The Bertz CT molecular complexity index is 595. The minimum absolute atomic E-state index is 0.0966. The molecular formula is C16H16N4O. The first-order valence-corrected chi connectivity index (χ1v) is 6.77. The molecule has 1 aliphatic rings. The number of piperidine rings is 1. The van der Waals surface area contributed by atoms with E-state index < -0.39 is 0 Å². The molecule has 0 aromatic heterocycles. The van der Waals surface area contributed by atoms with Crippen molar-refractivity contribution in [2.45, 2.75) is 18.8 Å². The molecule has 0 aliphatic carbocycles. The Kier molecular flexibility index (Phi) is 4.95. The predicted octanol–water partition coefficient (Wildman–Crippen LogP) is 3.07. The normalized spacial score (nSPS) is 16.7. The van der Waals surface area contributed by atoms with Gasteiger partial charge in [0.25, 0.3) is 5.70 Å². The van der Waals surface area contributed by atoms with Gasteiger partial charge in [0.2, 0.25) is 0 Å². The Balaban J connectivity index is 2.03. The largest absolute Gasteiger partial charge is 0.410 e. The molecule has 5 heteroatoms. The van der Waals surface area contributed by atoms with Gasteiger partial charge < -0.3 is 10.1 Å². The van der Waals surface area contributed by atoms with Gasteiger partial charge in [0.05, 0.1) is 12.6 Å². The quantitative estimate of drug-likeness (QED) is 0.231. The van der Waals surface area contributed by atoms with Crippen LogP contribution in [0.3, 0.4) is 0 Å². The van der Waals surface area contributed by atoms with Crippen molar-refractivity contribution in [3.05, 3.63) is 52.5 Å². The van der Waals surface area contributed by atoms with Crippen LogP contribution in [0.1, 0.15) is 29.9 Å². The molecule has 0 spiro atoms. The fraction of sp³-hybridized carbons (Fsp3) is 0.312. The van der Waals surface area contributed by atoms with E-state index >= 15 is 0 Å². The maximum Gasteiger partial charge on any atom is 0.262 e. The van der Waals surface area contributed by atoms with Gasteiger partial charge >= 0.3 is 0 Å². The van der Waals surface area contributed by atoms with Crippen molar-refractivity contribution in [1.82, 2.24) is 4.90 Å². The van der Waals surface area contributed by atoms with Crippen LogP contribution < -0.4 is 0 Å². The minimum atomic E-state index is 0.0966. The number of hydrogen-bond acceptors (Lipinski definition) is 3. The highest BCUT2D eigenvalue weighted by Gasteiger charge is 2.18. The van der Waals surface area contributed by atoms with Gasteiger partial charge in [-0.3, -0.25) is 0 Å². The zero-order valence-corrected chi connectivity index (χ0v) is 11.6.